The molecule has 0 aliphatic carbocycles. The van der Waals surface area contributed by atoms with Crippen LogP contribution in [0.2, 0.25) is 0 Å². The van der Waals surface area contributed by atoms with Crippen LogP contribution in [0.3, 0.4) is 0 Å². The number of nitrogens with zero attached hydrogens (tertiary/aromatic N) is 1. The van der Waals surface area contributed by atoms with Crippen LogP contribution >= 0.6 is 0 Å². The van der Waals surface area contributed by atoms with E-state index in [9.17, 15) is 4.79 Å². The van der Waals surface area contributed by atoms with E-state index in [1.54, 1.807) is 7.11 Å². The van der Waals surface area contributed by atoms with Crippen LogP contribution < -0.4 is 10.1 Å². The third-order valence-electron chi connectivity index (χ3n) is 2.93. The highest BCUT2D eigenvalue weighted by atomic mass is 16.5. The summed E-state index contributed by atoms with van der Waals surface area (Å²) in [4.78, 5) is 13.4. The molecule has 1 unspecified atom stereocenters. The van der Waals surface area contributed by atoms with Gasteiger partial charge in [-0.05, 0) is 20.2 Å². The summed E-state index contributed by atoms with van der Waals surface area (Å²) in [6.45, 7) is 2.43. The molecule has 0 bridgehead atoms. The Bertz CT molecular complexity index is 391. The van der Waals surface area contributed by atoms with Gasteiger partial charge in [-0.2, -0.15) is 0 Å². The number of para-hydroxylation sites is 1. The molecule has 1 rings (SSSR count). The molecule has 0 saturated heterocycles. The van der Waals surface area contributed by atoms with Crippen molar-refractivity contribution in [2.24, 2.45) is 0 Å². The van der Waals surface area contributed by atoms with Crippen molar-refractivity contribution in [2.45, 2.75) is 19.4 Å². The van der Waals surface area contributed by atoms with Crippen LogP contribution in [0.25, 0.3) is 0 Å². The van der Waals surface area contributed by atoms with Crippen LogP contribution in [0.1, 0.15) is 24.9 Å². The molecule has 0 spiro atoms. The van der Waals surface area contributed by atoms with Gasteiger partial charge in [-0.1, -0.05) is 25.1 Å². The summed E-state index contributed by atoms with van der Waals surface area (Å²) in [7, 11) is 5.65. The predicted octanol–water partition coefficient (Wildman–Crippen LogP) is 1.82. The summed E-state index contributed by atoms with van der Waals surface area (Å²) in [6.07, 6.45) is 0.506. The van der Waals surface area contributed by atoms with Gasteiger partial charge in [0.25, 0.3) is 0 Å². The van der Waals surface area contributed by atoms with Crippen LogP contribution in [-0.2, 0) is 4.79 Å². The van der Waals surface area contributed by atoms with E-state index < -0.39 is 0 Å². The van der Waals surface area contributed by atoms with E-state index in [1.807, 2.05) is 45.3 Å². The quantitative estimate of drug-likeness (QED) is 0.837. The molecule has 0 radical (unpaired) electrons. The molecular weight excluding hydrogens is 228 g/mol. The monoisotopic (exact) mass is 250 g/mol. The Balaban J connectivity index is 2.87. The Morgan fingerprint density at radius 3 is 2.61 bits per heavy atom. The van der Waals surface area contributed by atoms with Gasteiger partial charge in [0.15, 0.2) is 0 Å². The Hall–Kier alpha value is -1.55. The zero-order chi connectivity index (χ0) is 13.5. The number of carbonyl (C=O) groups excluding carboxylic acids is 1. The molecule has 4 nitrogen and oxygen atoms in total. The van der Waals surface area contributed by atoms with E-state index in [-0.39, 0.29) is 11.9 Å². The first-order valence-corrected chi connectivity index (χ1v) is 6.16. The summed E-state index contributed by atoms with van der Waals surface area (Å²) < 4.78 is 5.37. The molecule has 1 aromatic carbocycles. The zero-order valence-corrected chi connectivity index (χ0v) is 11.6. The lowest BCUT2D eigenvalue weighted by Gasteiger charge is -2.26. The molecule has 1 atom stereocenters. The van der Waals surface area contributed by atoms with Gasteiger partial charge in [0.2, 0.25) is 5.91 Å². The van der Waals surface area contributed by atoms with E-state index in [2.05, 4.69) is 10.2 Å². The van der Waals surface area contributed by atoms with E-state index in [0.29, 0.717) is 13.0 Å². The number of benzene rings is 1. The SMILES string of the molecule is CCC(=O)NCC(c1ccccc1OC)N(C)C. The Labute approximate surface area is 109 Å². The van der Waals surface area contributed by atoms with E-state index in [1.165, 1.54) is 0 Å². The summed E-state index contributed by atoms with van der Waals surface area (Å²) >= 11 is 0. The van der Waals surface area contributed by atoms with Crippen LogP contribution in [0, 0.1) is 0 Å². The van der Waals surface area contributed by atoms with Gasteiger partial charge in [-0.15, -0.1) is 0 Å². The number of rotatable bonds is 6. The molecule has 4 heteroatoms. The highest BCUT2D eigenvalue weighted by Gasteiger charge is 2.18. The highest BCUT2D eigenvalue weighted by molar-refractivity contribution is 5.75. The molecule has 100 valence electrons. The van der Waals surface area contributed by atoms with Gasteiger partial charge < -0.3 is 15.0 Å². The van der Waals surface area contributed by atoms with Crippen LogP contribution in [0.15, 0.2) is 24.3 Å². The molecule has 0 heterocycles. The number of amides is 1. The van der Waals surface area contributed by atoms with Crippen LogP contribution in [-0.4, -0.2) is 38.6 Å². The highest BCUT2D eigenvalue weighted by Crippen LogP contribution is 2.27. The first-order chi connectivity index (χ1) is 8.60. The Kier molecular flexibility index (Phi) is 5.65. The number of carbonyl (C=O) groups is 1. The van der Waals surface area contributed by atoms with Gasteiger partial charge in [-0.25, -0.2) is 0 Å². The number of hydrogen-bond donors (Lipinski definition) is 1. The smallest absolute Gasteiger partial charge is 0.219 e. The minimum atomic E-state index is 0.0664. The summed E-state index contributed by atoms with van der Waals surface area (Å²) in [5.74, 6) is 0.915. The molecule has 0 aliphatic rings. The van der Waals surface area contributed by atoms with Crippen molar-refractivity contribution in [3.05, 3.63) is 29.8 Å². The Morgan fingerprint density at radius 1 is 1.39 bits per heavy atom. The predicted molar refractivity (Wildman–Crippen MR) is 72.7 cm³/mol. The fourth-order valence-electron chi connectivity index (χ4n) is 1.85. The average Bonchev–Trinajstić information content (AvgIpc) is 2.38. The molecule has 1 N–H and O–H groups in total. The van der Waals surface area contributed by atoms with Crippen molar-refractivity contribution in [2.75, 3.05) is 27.7 Å². The van der Waals surface area contributed by atoms with E-state index >= 15 is 0 Å². The van der Waals surface area contributed by atoms with Gasteiger partial charge in [0.05, 0.1) is 13.2 Å². The number of methoxy groups -OCH3 is 1. The van der Waals surface area contributed by atoms with Crippen molar-refractivity contribution in [1.29, 1.82) is 0 Å². The number of hydrogen-bond acceptors (Lipinski definition) is 3. The van der Waals surface area contributed by atoms with E-state index in [4.69, 9.17) is 4.74 Å². The topological polar surface area (TPSA) is 41.6 Å². The minimum Gasteiger partial charge on any atom is -0.496 e. The summed E-state index contributed by atoms with van der Waals surface area (Å²) in [6, 6.07) is 8.00. The standard InChI is InChI=1S/C14H22N2O2/c1-5-14(17)15-10-12(16(2)3)11-8-6-7-9-13(11)18-4/h6-9,12H,5,10H2,1-4H3,(H,15,17). The van der Waals surface area contributed by atoms with Gasteiger partial charge in [0.1, 0.15) is 5.75 Å². The summed E-state index contributed by atoms with van der Waals surface area (Å²) in [5.41, 5.74) is 1.08. The number of likely N-dealkylation sites (N-methyl/N-ethyl adjacent to an activating group) is 1. The second kappa shape index (κ2) is 7.01. The molecule has 0 aromatic heterocycles. The third-order valence-corrected chi connectivity index (χ3v) is 2.93. The maximum absolute atomic E-state index is 11.4. The maximum atomic E-state index is 11.4. The fourth-order valence-corrected chi connectivity index (χ4v) is 1.85. The minimum absolute atomic E-state index is 0.0664. The molecular formula is C14H22N2O2. The Morgan fingerprint density at radius 2 is 2.06 bits per heavy atom. The lowest BCUT2D eigenvalue weighted by atomic mass is 10.0. The second-order valence-electron chi connectivity index (χ2n) is 4.38. The van der Waals surface area contributed by atoms with Gasteiger partial charge in [-0.3, -0.25) is 4.79 Å². The van der Waals surface area contributed by atoms with Crippen molar-refractivity contribution in [3.8, 4) is 5.75 Å². The molecule has 1 aromatic rings. The lowest BCUT2D eigenvalue weighted by Crippen LogP contribution is -2.34. The maximum Gasteiger partial charge on any atom is 0.219 e. The van der Waals surface area contributed by atoms with Crippen LogP contribution in [0.4, 0.5) is 0 Å². The van der Waals surface area contributed by atoms with Crippen molar-refractivity contribution < 1.29 is 9.53 Å². The molecule has 0 fully saturated rings. The second-order valence-corrected chi connectivity index (χ2v) is 4.38. The van der Waals surface area contributed by atoms with Crippen molar-refractivity contribution in [1.82, 2.24) is 10.2 Å². The molecule has 0 aliphatic heterocycles. The third kappa shape index (κ3) is 3.74. The number of ether oxygens (including phenoxy) is 1. The number of nitrogens with one attached hydrogen (secondary N) is 1. The van der Waals surface area contributed by atoms with Gasteiger partial charge >= 0.3 is 0 Å². The summed E-state index contributed by atoms with van der Waals surface area (Å²) in [5, 5.41) is 2.93. The zero-order valence-electron chi connectivity index (χ0n) is 11.6. The van der Waals surface area contributed by atoms with Gasteiger partial charge in [0, 0.05) is 18.5 Å². The lowest BCUT2D eigenvalue weighted by molar-refractivity contribution is -0.121. The van der Waals surface area contributed by atoms with Crippen LogP contribution in [0.5, 0.6) is 5.75 Å². The van der Waals surface area contributed by atoms with Crippen molar-refractivity contribution in [3.63, 3.8) is 0 Å². The largest absolute Gasteiger partial charge is 0.496 e. The average molecular weight is 250 g/mol. The first kappa shape index (κ1) is 14.5. The van der Waals surface area contributed by atoms with Crippen molar-refractivity contribution >= 4 is 5.91 Å². The molecule has 18 heavy (non-hydrogen) atoms. The molecule has 1 amide bonds. The first-order valence-electron chi connectivity index (χ1n) is 6.16. The molecule has 0 saturated carbocycles. The van der Waals surface area contributed by atoms with E-state index in [0.717, 1.165) is 11.3 Å². The normalized spacial score (nSPS) is 12.3. The fraction of sp³-hybridized carbons (Fsp3) is 0.500.